The Morgan fingerprint density at radius 2 is 2.09 bits per heavy atom. The van der Waals surface area contributed by atoms with Gasteiger partial charge in [0.15, 0.2) is 0 Å². The second-order valence-corrected chi connectivity index (χ2v) is 6.07. The van der Waals surface area contributed by atoms with Crippen LogP contribution in [-0.4, -0.2) is 30.3 Å². The van der Waals surface area contributed by atoms with Gasteiger partial charge < -0.3 is 15.2 Å². The normalized spacial score (nSPS) is 21.4. The van der Waals surface area contributed by atoms with Crippen LogP contribution < -0.4 is 10.1 Å². The zero-order valence-electron chi connectivity index (χ0n) is 13.4. The van der Waals surface area contributed by atoms with E-state index in [2.05, 4.69) is 5.32 Å². The van der Waals surface area contributed by atoms with Crippen LogP contribution in [0.15, 0.2) is 24.3 Å². The smallest absolute Gasteiger partial charge is 0.220 e. The number of aliphatic hydroxyl groups excluding tert-OH is 1. The number of nitrogens with one attached hydrogen (secondary N) is 1. The molecule has 0 aromatic heterocycles. The molecule has 1 aliphatic carbocycles. The molecule has 2 unspecified atom stereocenters. The van der Waals surface area contributed by atoms with Crippen molar-refractivity contribution in [3.63, 3.8) is 0 Å². The van der Waals surface area contributed by atoms with Gasteiger partial charge >= 0.3 is 0 Å². The van der Waals surface area contributed by atoms with E-state index in [1.165, 1.54) is 0 Å². The second-order valence-electron chi connectivity index (χ2n) is 6.07. The van der Waals surface area contributed by atoms with Crippen LogP contribution in [0.3, 0.4) is 0 Å². The van der Waals surface area contributed by atoms with Crippen molar-refractivity contribution in [1.29, 1.82) is 0 Å². The van der Waals surface area contributed by atoms with Gasteiger partial charge in [0.1, 0.15) is 5.75 Å². The van der Waals surface area contributed by atoms with Gasteiger partial charge in [-0.25, -0.2) is 0 Å². The fraction of sp³-hybridized carbons (Fsp3) is 0.611. The molecular weight excluding hydrogens is 278 g/mol. The lowest BCUT2D eigenvalue weighted by atomic mass is 9.87. The van der Waals surface area contributed by atoms with Crippen LogP contribution in [-0.2, 0) is 11.2 Å². The first-order chi connectivity index (χ1) is 10.7. The predicted octanol–water partition coefficient (Wildman–Crippen LogP) is 2.69. The monoisotopic (exact) mass is 305 g/mol. The van der Waals surface area contributed by atoms with E-state index in [1.807, 2.05) is 31.2 Å². The highest BCUT2D eigenvalue weighted by atomic mass is 16.5. The SMILES string of the molecule is CCOc1ccc(CCC(=O)NCC2CCCC(O)C2)cc1. The molecule has 0 bridgehead atoms. The average Bonchev–Trinajstić information content (AvgIpc) is 2.53. The maximum Gasteiger partial charge on any atom is 0.220 e. The number of amides is 1. The van der Waals surface area contributed by atoms with E-state index in [1.54, 1.807) is 0 Å². The molecule has 1 saturated carbocycles. The molecule has 22 heavy (non-hydrogen) atoms. The fourth-order valence-electron chi connectivity index (χ4n) is 2.97. The molecule has 0 aliphatic heterocycles. The Morgan fingerprint density at radius 1 is 1.32 bits per heavy atom. The minimum absolute atomic E-state index is 0.0916. The maximum absolute atomic E-state index is 11.9. The molecule has 0 radical (unpaired) electrons. The fourth-order valence-corrected chi connectivity index (χ4v) is 2.97. The van der Waals surface area contributed by atoms with Crippen molar-refractivity contribution in [3.05, 3.63) is 29.8 Å². The Kier molecular flexibility index (Phi) is 6.72. The zero-order valence-corrected chi connectivity index (χ0v) is 13.4. The lowest BCUT2D eigenvalue weighted by Gasteiger charge is -2.25. The Morgan fingerprint density at radius 3 is 2.77 bits per heavy atom. The van der Waals surface area contributed by atoms with Crippen molar-refractivity contribution in [1.82, 2.24) is 5.32 Å². The summed E-state index contributed by atoms with van der Waals surface area (Å²) in [4.78, 5) is 11.9. The largest absolute Gasteiger partial charge is 0.494 e. The summed E-state index contributed by atoms with van der Waals surface area (Å²) in [5, 5.41) is 12.6. The number of aryl methyl sites for hydroxylation is 1. The van der Waals surface area contributed by atoms with Gasteiger partial charge in [0, 0.05) is 13.0 Å². The molecule has 122 valence electrons. The summed E-state index contributed by atoms with van der Waals surface area (Å²) in [5.74, 6) is 1.39. The maximum atomic E-state index is 11.9. The lowest BCUT2D eigenvalue weighted by Crippen LogP contribution is -2.33. The predicted molar refractivity (Wildman–Crippen MR) is 86.9 cm³/mol. The minimum atomic E-state index is -0.181. The number of hydrogen-bond donors (Lipinski definition) is 2. The Hall–Kier alpha value is -1.55. The van der Waals surface area contributed by atoms with Crippen LogP contribution in [0.5, 0.6) is 5.75 Å². The highest BCUT2D eigenvalue weighted by molar-refractivity contribution is 5.76. The molecule has 1 amide bonds. The van der Waals surface area contributed by atoms with Crippen molar-refractivity contribution in [2.45, 2.75) is 51.6 Å². The Bertz CT molecular complexity index is 458. The van der Waals surface area contributed by atoms with Crippen molar-refractivity contribution in [2.24, 2.45) is 5.92 Å². The lowest BCUT2D eigenvalue weighted by molar-refractivity contribution is -0.121. The highest BCUT2D eigenvalue weighted by Gasteiger charge is 2.20. The number of carbonyl (C=O) groups is 1. The van der Waals surface area contributed by atoms with Gasteiger partial charge in [-0.1, -0.05) is 18.6 Å². The minimum Gasteiger partial charge on any atom is -0.494 e. The van der Waals surface area contributed by atoms with Crippen LogP contribution in [0.1, 0.15) is 44.6 Å². The molecule has 2 rings (SSSR count). The molecule has 2 N–H and O–H groups in total. The van der Waals surface area contributed by atoms with E-state index in [0.717, 1.165) is 43.4 Å². The van der Waals surface area contributed by atoms with Gasteiger partial charge in [0.2, 0.25) is 5.91 Å². The molecule has 0 heterocycles. The summed E-state index contributed by atoms with van der Waals surface area (Å²) < 4.78 is 5.40. The van der Waals surface area contributed by atoms with Gasteiger partial charge in [0.05, 0.1) is 12.7 Å². The topological polar surface area (TPSA) is 58.6 Å². The summed E-state index contributed by atoms with van der Waals surface area (Å²) in [6, 6.07) is 7.91. The van der Waals surface area contributed by atoms with Crippen LogP contribution in [0.2, 0.25) is 0 Å². The van der Waals surface area contributed by atoms with Crippen LogP contribution >= 0.6 is 0 Å². The van der Waals surface area contributed by atoms with Gasteiger partial charge in [-0.2, -0.15) is 0 Å². The first kappa shape index (κ1) is 16.8. The number of hydrogen-bond acceptors (Lipinski definition) is 3. The first-order valence-corrected chi connectivity index (χ1v) is 8.34. The highest BCUT2D eigenvalue weighted by Crippen LogP contribution is 2.23. The number of benzene rings is 1. The molecule has 0 spiro atoms. The summed E-state index contributed by atoms with van der Waals surface area (Å²) in [7, 11) is 0. The summed E-state index contributed by atoms with van der Waals surface area (Å²) in [6.07, 6.45) is 4.96. The van der Waals surface area contributed by atoms with E-state index in [0.29, 0.717) is 25.5 Å². The molecule has 1 aliphatic rings. The van der Waals surface area contributed by atoms with Crippen LogP contribution in [0.25, 0.3) is 0 Å². The van der Waals surface area contributed by atoms with Crippen molar-refractivity contribution < 1.29 is 14.6 Å². The van der Waals surface area contributed by atoms with Gasteiger partial charge in [-0.05, 0) is 56.2 Å². The van der Waals surface area contributed by atoms with E-state index in [-0.39, 0.29) is 12.0 Å². The van der Waals surface area contributed by atoms with Gasteiger partial charge in [0.25, 0.3) is 0 Å². The molecule has 2 atom stereocenters. The van der Waals surface area contributed by atoms with Crippen LogP contribution in [0.4, 0.5) is 0 Å². The quantitative estimate of drug-likeness (QED) is 0.814. The standard InChI is InChI=1S/C18H27NO3/c1-2-22-17-9-6-14(7-10-17)8-11-18(21)19-13-15-4-3-5-16(20)12-15/h6-7,9-10,15-16,20H,2-5,8,11-13H2,1H3,(H,19,21). The molecule has 0 saturated heterocycles. The Balaban J connectivity index is 1.66. The third kappa shape index (κ3) is 5.68. The number of ether oxygens (including phenoxy) is 1. The number of carbonyl (C=O) groups excluding carboxylic acids is 1. The number of rotatable bonds is 7. The van der Waals surface area contributed by atoms with Crippen molar-refractivity contribution >= 4 is 5.91 Å². The summed E-state index contributed by atoms with van der Waals surface area (Å²) in [6.45, 7) is 3.32. The third-order valence-corrected chi connectivity index (χ3v) is 4.22. The van der Waals surface area contributed by atoms with Gasteiger partial charge in [-0.15, -0.1) is 0 Å². The van der Waals surface area contributed by atoms with Gasteiger partial charge in [-0.3, -0.25) is 4.79 Å². The zero-order chi connectivity index (χ0) is 15.8. The van der Waals surface area contributed by atoms with E-state index in [9.17, 15) is 9.90 Å². The summed E-state index contributed by atoms with van der Waals surface area (Å²) in [5.41, 5.74) is 1.15. The summed E-state index contributed by atoms with van der Waals surface area (Å²) >= 11 is 0. The molecular formula is C18H27NO3. The molecule has 4 heteroatoms. The molecule has 1 fully saturated rings. The van der Waals surface area contributed by atoms with Crippen molar-refractivity contribution in [3.8, 4) is 5.75 Å². The third-order valence-electron chi connectivity index (χ3n) is 4.22. The molecule has 1 aromatic carbocycles. The van der Waals surface area contributed by atoms with Crippen molar-refractivity contribution in [2.75, 3.05) is 13.2 Å². The van der Waals surface area contributed by atoms with E-state index in [4.69, 9.17) is 4.74 Å². The molecule has 1 aromatic rings. The second kappa shape index (κ2) is 8.79. The average molecular weight is 305 g/mol. The molecule has 4 nitrogen and oxygen atoms in total. The van der Waals surface area contributed by atoms with Crippen LogP contribution in [0, 0.1) is 5.92 Å². The van der Waals surface area contributed by atoms with E-state index >= 15 is 0 Å². The number of aliphatic hydroxyl groups is 1. The Labute approximate surface area is 132 Å². The van der Waals surface area contributed by atoms with E-state index < -0.39 is 0 Å². The first-order valence-electron chi connectivity index (χ1n) is 8.34.